The van der Waals surface area contributed by atoms with E-state index in [0.717, 1.165) is 36.2 Å². The number of rotatable bonds is 3. The Morgan fingerprint density at radius 2 is 2.26 bits per heavy atom. The summed E-state index contributed by atoms with van der Waals surface area (Å²) in [4.78, 5) is 17.2. The molecule has 124 valence electrons. The molecule has 0 radical (unpaired) electrons. The topological polar surface area (TPSA) is 80.0 Å². The molecule has 2 unspecified atom stereocenters. The molecule has 6 nitrogen and oxygen atoms in total. The fraction of sp³-hybridized carbons (Fsp3) is 0.588. The molecule has 0 aliphatic carbocycles. The van der Waals surface area contributed by atoms with E-state index in [1.807, 2.05) is 26.8 Å². The minimum absolute atomic E-state index is 0.0776. The van der Waals surface area contributed by atoms with E-state index in [4.69, 9.17) is 4.52 Å². The van der Waals surface area contributed by atoms with Gasteiger partial charge in [-0.15, -0.1) is 0 Å². The van der Waals surface area contributed by atoms with E-state index in [-0.39, 0.29) is 23.9 Å². The molecule has 2 atom stereocenters. The van der Waals surface area contributed by atoms with Gasteiger partial charge in [-0.3, -0.25) is 4.79 Å². The van der Waals surface area contributed by atoms with Gasteiger partial charge in [-0.1, -0.05) is 19.0 Å². The molecule has 0 bridgehead atoms. The normalized spacial score (nSPS) is 21.8. The van der Waals surface area contributed by atoms with Gasteiger partial charge in [-0.05, 0) is 45.2 Å². The predicted molar refractivity (Wildman–Crippen MR) is 88.6 cm³/mol. The Morgan fingerprint density at radius 1 is 1.48 bits per heavy atom. The van der Waals surface area contributed by atoms with Crippen molar-refractivity contribution in [2.75, 3.05) is 6.54 Å². The average molecular weight is 316 g/mol. The molecule has 2 N–H and O–H groups in total. The minimum Gasteiger partial charge on any atom is -0.348 e. The van der Waals surface area contributed by atoms with E-state index in [1.54, 1.807) is 0 Å². The quantitative estimate of drug-likeness (QED) is 0.909. The second kappa shape index (κ2) is 6.28. The third-order valence-electron chi connectivity index (χ3n) is 4.47. The second-order valence-electron chi connectivity index (χ2n) is 6.68. The number of nitrogens with one attached hydrogen (secondary N) is 2. The standard InChI is InChI=1S/C17H24N4O2/c1-9(2)15-14-12(8-10(3)19-17(14)23-21-15)16(22)20-13-6-5-7-18-11(13)4/h8-9,11,13,18H,5-7H2,1-4H3,(H,20,22). The molecule has 23 heavy (non-hydrogen) atoms. The average Bonchev–Trinajstić information content (AvgIpc) is 2.92. The first-order valence-corrected chi connectivity index (χ1v) is 8.28. The first-order valence-electron chi connectivity index (χ1n) is 8.28. The smallest absolute Gasteiger partial charge is 0.259 e. The van der Waals surface area contributed by atoms with Crippen LogP contribution in [0.5, 0.6) is 0 Å². The fourth-order valence-electron chi connectivity index (χ4n) is 3.16. The lowest BCUT2D eigenvalue weighted by Gasteiger charge is -2.30. The number of hydrogen-bond acceptors (Lipinski definition) is 5. The van der Waals surface area contributed by atoms with Crippen molar-refractivity contribution in [3.05, 3.63) is 23.0 Å². The van der Waals surface area contributed by atoms with Crippen LogP contribution >= 0.6 is 0 Å². The van der Waals surface area contributed by atoms with Crippen LogP contribution < -0.4 is 10.6 Å². The number of carbonyl (C=O) groups excluding carboxylic acids is 1. The van der Waals surface area contributed by atoms with Crippen LogP contribution in [0.15, 0.2) is 10.6 Å². The molecule has 2 aromatic rings. The Morgan fingerprint density at radius 3 is 2.96 bits per heavy atom. The van der Waals surface area contributed by atoms with E-state index in [9.17, 15) is 4.79 Å². The van der Waals surface area contributed by atoms with Crippen molar-refractivity contribution >= 4 is 17.0 Å². The molecule has 1 aliphatic heterocycles. The van der Waals surface area contributed by atoms with E-state index in [1.165, 1.54) is 0 Å². The molecule has 0 aromatic carbocycles. The zero-order valence-electron chi connectivity index (χ0n) is 14.1. The lowest BCUT2D eigenvalue weighted by Crippen LogP contribution is -2.51. The SMILES string of the molecule is Cc1cc(C(=O)NC2CCCNC2C)c2c(C(C)C)noc2n1. The molecule has 0 spiro atoms. The van der Waals surface area contributed by atoms with Gasteiger partial charge in [0, 0.05) is 17.8 Å². The monoisotopic (exact) mass is 316 g/mol. The second-order valence-corrected chi connectivity index (χ2v) is 6.68. The van der Waals surface area contributed by atoms with E-state index in [2.05, 4.69) is 27.7 Å². The van der Waals surface area contributed by atoms with Gasteiger partial charge in [0.2, 0.25) is 0 Å². The number of amides is 1. The third-order valence-corrected chi connectivity index (χ3v) is 4.47. The van der Waals surface area contributed by atoms with Gasteiger partial charge in [0.15, 0.2) is 0 Å². The fourth-order valence-corrected chi connectivity index (χ4v) is 3.16. The first kappa shape index (κ1) is 15.9. The van der Waals surface area contributed by atoms with Gasteiger partial charge in [0.1, 0.15) is 0 Å². The van der Waals surface area contributed by atoms with Crippen LogP contribution in [0.3, 0.4) is 0 Å². The molecular weight excluding hydrogens is 292 g/mol. The van der Waals surface area contributed by atoms with Crippen LogP contribution in [0.1, 0.15) is 61.3 Å². The molecule has 1 fully saturated rings. The highest BCUT2D eigenvalue weighted by Crippen LogP contribution is 2.27. The molecule has 1 saturated heterocycles. The number of aromatic nitrogens is 2. The van der Waals surface area contributed by atoms with Gasteiger partial charge in [-0.25, -0.2) is 4.98 Å². The summed E-state index contributed by atoms with van der Waals surface area (Å²) in [5.74, 6) is 0.0914. The molecule has 1 aliphatic rings. The lowest BCUT2D eigenvalue weighted by atomic mass is 9.98. The summed E-state index contributed by atoms with van der Waals surface area (Å²) in [6.07, 6.45) is 2.07. The van der Waals surface area contributed by atoms with Gasteiger partial charge in [0.05, 0.1) is 16.6 Å². The van der Waals surface area contributed by atoms with Crippen molar-refractivity contribution in [1.82, 2.24) is 20.8 Å². The Bertz CT molecular complexity index is 723. The number of aryl methyl sites for hydroxylation is 1. The number of nitrogens with zero attached hydrogens (tertiary/aromatic N) is 2. The van der Waals surface area contributed by atoms with Gasteiger partial charge >= 0.3 is 0 Å². The summed E-state index contributed by atoms with van der Waals surface area (Å²) in [6, 6.07) is 2.24. The van der Waals surface area contributed by atoms with Gasteiger partial charge < -0.3 is 15.2 Å². The van der Waals surface area contributed by atoms with Crippen molar-refractivity contribution < 1.29 is 9.32 Å². The number of carbonyl (C=O) groups is 1. The van der Waals surface area contributed by atoms with Crippen molar-refractivity contribution in [3.63, 3.8) is 0 Å². The summed E-state index contributed by atoms with van der Waals surface area (Å²) in [5.41, 5.74) is 2.58. The number of hydrogen-bond donors (Lipinski definition) is 2. The van der Waals surface area contributed by atoms with Crippen molar-refractivity contribution in [2.24, 2.45) is 0 Å². The predicted octanol–water partition coefficient (Wildman–Crippen LogP) is 2.52. The molecule has 2 aromatic heterocycles. The summed E-state index contributed by atoms with van der Waals surface area (Å²) in [7, 11) is 0. The first-order chi connectivity index (χ1) is 11.0. The number of fused-ring (bicyclic) bond motifs is 1. The van der Waals surface area contributed by atoms with Crippen LogP contribution in [0, 0.1) is 6.92 Å². The maximum atomic E-state index is 12.9. The largest absolute Gasteiger partial charge is 0.348 e. The summed E-state index contributed by atoms with van der Waals surface area (Å²) < 4.78 is 5.34. The maximum absolute atomic E-state index is 12.9. The maximum Gasteiger partial charge on any atom is 0.259 e. The lowest BCUT2D eigenvalue weighted by molar-refractivity contribution is 0.0921. The molecular formula is C17H24N4O2. The summed E-state index contributed by atoms with van der Waals surface area (Å²) in [5, 5.41) is 11.4. The van der Waals surface area contributed by atoms with Crippen LogP contribution in [0.4, 0.5) is 0 Å². The number of pyridine rings is 1. The van der Waals surface area contributed by atoms with Crippen LogP contribution in [0.2, 0.25) is 0 Å². The molecule has 0 saturated carbocycles. The molecule has 1 amide bonds. The highest BCUT2D eigenvalue weighted by atomic mass is 16.5. The Kier molecular flexibility index (Phi) is 4.35. The summed E-state index contributed by atoms with van der Waals surface area (Å²) >= 11 is 0. The van der Waals surface area contributed by atoms with Gasteiger partial charge in [-0.2, -0.15) is 0 Å². The molecule has 6 heteroatoms. The Balaban J connectivity index is 1.97. The number of piperidine rings is 1. The van der Waals surface area contributed by atoms with Crippen molar-refractivity contribution in [3.8, 4) is 0 Å². The van der Waals surface area contributed by atoms with Crippen LogP contribution in [-0.4, -0.2) is 34.7 Å². The van der Waals surface area contributed by atoms with E-state index in [0.29, 0.717) is 11.3 Å². The van der Waals surface area contributed by atoms with E-state index >= 15 is 0 Å². The zero-order chi connectivity index (χ0) is 16.6. The molecule has 3 heterocycles. The molecule has 3 rings (SSSR count). The third kappa shape index (κ3) is 3.08. The van der Waals surface area contributed by atoms with Crippen molar-refractivity contribution in [2.45, 2.75) is 58.5 Å². The zero-order valence-corrected chi connectivity index (χ0v) is 14.1. The van der Waals surface area contributed by atoms with Crippen LogP contribution in [-0.2, 0) is 0 Å². The van der Waals surface area contributed by atoms with E-state index < -0.39 is 0 Å². The van der Waals surface area contributed by atoms with Gasteiger partial charge in [0.25, 0.3) is 11.6 Å². The van der Waals surface area contributed by atoms with Crippen LogP contribution in [0.25, 0.3) is 11.1 Å². The Hall–Kier alpha value is -1.95. The summed E-state index contributed by atoms with van der Waals surface area (Å²) in [6.45, 7) is 9.04. The van der Waals surface area contributed by atoms with Crippen molar-refractivity contribution in [1.29, 1.82) is 0 Å². The Labute approximate surface area is 136 Å². The highest BCUT2D eigenvalue weighted by Gasteiger charge is 2.26. The highest BCUT2D eigenvalue weighted by molar-refractivity contribution is 6.06. The minimum atomic E-state index is -0.0776.